The number of carbonyl (C=O) groups is 1. The van der Waals surface area contributed by atoms with Crippen molar-refractivity contribution in [2.24, 2.45) is 0 Å². The number of aryl methyl sites for hydroxylation is 2. The Balaban J connectivity index is 2.27. The number of ketones is 1. The van der Waals surface area contributed by atoms with Crippen LogP contribution in [0.1, 0.15) is 39.7 Å². The van der Waals surface area contributed by atoms with Crippen molar-refractivity contribution in [3.05, 3.63) is 62.9 Å². The summed E-state index contributed by atoms with van der Waals surface area (Å²) in [5.41, 5.74) is 3.05. The summed E-state index contributed by atoms with van der Waals surface area (Å²) in [4.78, 5) is 13.4. The molecule has 1 aromatic heterocycles. The molecule has 1 heterocycles. The van der Waals surface area contributed by atoms with Crippen LogP contribution in [0.15, 0.2) is 41.3 Å². The second kappa shape index (κ2) is 7.01. The molecule has 106 valence electrons. The van der Waals surface area contributed by atoms with Gasteiger partial charge in [0.1, 0.15) is 11.6 Å². The standard InChI is InChI=1S/C18H17NOS/c1-3-4-14-5-7-15(8-6-14)18(20)16(12-19)11-17-13(2)9-10-21-17/h5-11H,3-4H2,1-2H3/b16-11+. The van der Waals surface area contributed by atoms with E-state index in [1.54, 1.807) is 18.2 Å². The number of allylic oxidation sites excluding steroid dienone is 1. The van der Waals surface area contributed by atoms with E-state index in [0.717, 1.165) is 23.3 Å². The lowest BCUT2D eigenvalue weighted by molar-refractivity contribution is 0.104. The quantitative estimate of drug-likeness (QED) is 0.451. The molecule has 0 atom stereocenters. The molecule has 0 saturated heterocycles. The summed E-state index contributed by atoms with van der Waals surface area (Å²) in [5, 5.41) is 11.2. The van der Waals surface area contributed by atoms with Crippen molar-refractivity contribution < 1.29 is 4.79 Å². The molecule has 0 saturated carbocycles. The minimum atomic E-state index is -0.214. The molecular weight excluding hydrogens is 278 g/mol. The van der Waals surface area contributed by atoms with E-state index in [2.05, 4.69) is 6.92 Å². The maximum Gasteiger partial charge on any atom is 0.203 e. The molecule has 21 heavy (non-hydrogen) atoms. The van der Waals surface area contributed by atoms with Gasteiger partial charge in [0, 0.05) is 10.4 Å². The van der Waals surface area contributed by atoms with Gasteiger partial charge < -0.3 is 0 Å². The third-order valence-electron chi connectivity index (χ3n) is 3.30. The van der Waals surface area contributed by atoms with Gasteiger partial charge >= 0.3 is 0 Å². The van der Waals surface area contributed by atoms with Gasteiger partial charge in [-0.2, -0.15) is 5.26 Å². The number of hydrogen-bond donors (Lipinski definition) is 0. The summed E-state index contributed by atoms with van der Waals surface area (Å²) in [6, 6.07) is 11.5. The molecule has 0 radical (unpaired) electrons. The fourth-order valence-electron chi connectivity index (χ4n) is 2.08. The van der Waals surface area contributed by atoms with Crippen LogP contribution in [-0.4, -0.2) is 5.78 Å². The summed E-state index contributed by atoms with van der Waals surface area (Å²) in [5.74, 6) is -0.214. The molecule has 0 aliphatic heterocycles. The lowest BCUT2D eigenvalue weighted by Gasteiger charge is -2.02. The minimum Gasteiger partial charge on any atom is -0.288 e. The molecule has 0 N–H and O–H groups in total. The highest BCUT2D eigenvalue weighted by molar-refractivity contribution is 7.11. The van der Waals surface area contributed by atoms with Crippen LogP contribution >= 0.6 is 11.3 Å². The minimum absolute atomic E-state index is 0.184. The highest BCUT2D eigenvalue weighted by atomic mass is 32.1. The van der Waals surface area contributed by atoms with Gasteiger partial charge in [0.25, 0.3) is 0 Å². The molecule has 0 aliphatic rings. The van der Waals surface area contributed by atoms with Gasteiger partial charge in [-0.15, -0.1) is 11.3 Å². The number of nitrogens with zero attached hydrogens (tertiary/aromatic N) is 1. The number of rotatable bonds is 5. The normalized spacial score (nSPS) is 11.2. The van der Waals surface area contributed by atoms with E-state index in [0.29, 0.717) is 5.56 Å². The number of thiophene rings is 1. The highest BCUT2D eigenvalue weighted by Crippen LogP contribution is 2.21. The van der Waals surface area contributed by atoms with Gasteiger partial charge in [0.05, 0.1) is 0 Å². The predicted octanol–water partition coefficient (Wildman–Crippen LogP) is 4.80. The first-order valence-electron chi connectivity index (χ1n) is 6.95. The number of hydrogen-bond acceptors (Lipinski definition) is 3. The van der Waals surface area contributed by atoms with Crippen molar-refractivity contribution in [1.29, 1.82) is 5.26 Å². The first kappa shape index (κ1) is 15.2. The van der Waals surface area contributed by atoms with E-state index >= 15 is 0 Å². The molecule has 0 bridgehead atoms. The van der Waals surface area contributed by atoms with Crippen LogP contribution in [0.2, 0.25) is 0 Å². The zero-order valence-electron chi connectivity index (χ0n) is 12.2. The second-order valence-corrected chi connectivity index (χ2v) is 5.86. The first-order chi connectivity index (χ1) is 10.2. The molecule has 2 rings (SSSR count). The first-order valence-corrected chi connectivity index (χ1v) is 7.83. The van der Waals surface area contributed by atoms with Gasteiger partial charge in [-0.25, -0.2) is 0 Å². The maximum atomic E-state index is 12.4. The third-order valence-corrected chi connectivity index (χ3v) is 4.26. The number of nitriles is 1. The van der Waals surface area contributed by atoms with Crippen molar-refractivity contribution in [3.63, 3.8) is 0 Å². The third kappa shape index (κ3) is 3.68. The average molecular weight is 295 g/mol. The topological polar surface area (TPSA) is 40.9 Å². The molecule has 0 amide bonds. The summed E-state index contributed by atoms with van der Waals surface area (Å²) < 4.78 is 0. The Bertz CT molecular complexity index is 702. The fourth-order valence-corrected chi connectivity index (χ4v) is 2.94. The monoisotopic (exact) mass is 295 g/mol. The van der Waals surface area contributed by atoms with E-state index in [1.807, 2.05) is 36.6 Å². The van der Waals surface area contributed by atoms with Crippen LogP contribution in [-0.2, 0) is 6.42 Å². The predicted molar refractivity (Wildman–Crippen MR) is 87.4 cm³/mol. The van der Waals surface area contributed by atoms with E-state index in [9.17, 15) is 10.1 Å². The van der Waals surface area contributed by atoms with Crippen molar-refractivity contribution in [1.82, 2.24) is 0 Å². The Hall–Kier alpha value is -2.18. The van der Waals surface area contributed by atoms with Gasteiger partial charge in [0.15, 0.2) is 0 Å². The van der Waals surface area contributed by atoms with Crippen LogP contribution in [0.3, 0.4) is 0 Å². The van der Waals surface area contributed by atoms with Crippen molar-refractivity contribution >= 4 is 23.2 Å². The van der Waals surface area contributed by atoms with Crippen molar-refractivity contribution in [2.75, 3.05) is 0 Å². The molecule has 0 spiro atoms. The van der Waals surface area contributed by atoms with E-state index in [1.165, 1.54) is 16.9 Å². The summed E-state index contributed by atoms with van der Waals surface area (Å²) in [6.45, 7) is 4.10. The van der Waals surface area contributed by atoms with Crippen LogP contribution in [0, 0.1) is 18.3 Å². The van der Waals surface area contributed by atoms with E-state index in [4.69, 9.17) is 0 Å². The van der Waals surface area contributed by atoms with Gasteiger partial charge in [-0.3, -0.25) is 4.79 Å². The lowest BCUT2D eigenvalue weighted by atomic mass is 10.0. The van der Waals surface area contributed by atoms with Crippen LogP contribution in [0.5, 0.6) is 0 Å². The maximum absolute atomic E-state index is 12.4. The molecule has 0 unspecified atom stereocenters. The molecular formula is C18H17NOS. The highest BCUT2D eigenvalue weighted by Gasteiger charge is 2.13. The fraction of sp³-hybridized carbons (Fsp3) is 0.222. The van der Waals surface area contributed by atoms with Crippen molar-refractivity contribution in [2.45, 2.75) is 26.7 Å². The molecule has 3 heteroatoms. The van der Waals surface area contributed by atoms with Crippen LogP contribution < -0.4 is 0 Å². The molecule has 0 aliphatic carbocycles. The Labute approximate surface area is 129 Å². The molecule has 0 fully saturated rings. The average Bonchev–Trinajstić information content (AvgIpc) is 2.90. The Morgan fingerprint density at radius 1 is 1.29 bits per heavy atom. The summed E-state index contributed by atoms with van der Waals surface area (Å²) >= 11 is 1.54. The smallest absolute Gasteiger partial charge is 0.203 e. The van der Waals surface area contributed by atoms with E-state index < -0.39 is 0 Å². The summed E-state index contributed by atoms with van der Waals surface area (Å²) in [7, 11) is 0. The van der Waals surface area contributed by atoms with Gasteiger partial charge in [0.2, 0.25) is 5.78 Å². The van der Waals surface area contributed by atoms with Gasteiger partial charge in [-0.1, -0.05) is 37.6 Å². The van der Waals surface area contributed by atoms with Crippen LogP contribution in [0.4, 0.5) is 0 Å². The molecule has 2 nitrogen and oxygen atoms in total. The molecule has 2 aromatic rings. The number of carbonyl (C=O) groups excluding carboxylic acids is 1. The number of Topliss-reactive ketones (excluding diaryl/α,β-unsaturated/α-hetero) is 1. The Kier molecular flexibility index (Phi) is 5.08. The van der Waals surface area contributed by atoms with Crippen LogP contribution in [0.25, 0.3) is 6.08 Å². The SMILES string of the molecule is CCCc1ccc(C(=O)/C(C#N)=C/c2sccc2C)cc1. The second-order valence-electron chi connectivity index (χ2n) is 4.91. The lowest BCUT2D eigenvalue weighted by Crippen LogP contribution is -2.02. The summed E-state index contributed by atoms with van der Waals surface area (Å²) in [6.07, 6.45) is 3.76. The zero-order valence-corrected chi connectivity index (χ0v) is 13.0. The zero-order chi connectivity index (χ0) is 15.2. The van der Waals surface area contributed by atoms with Crippen molar-refractivity contribution in [3.8, 4) is 6.07 Å². The Morgan fingerprint density at radius 3 is 2.52 bits per heavy atom. The van der Waals surface area contributed by atoms with E-state index in [-0.39, 0.29) is 11.4 Å². The molecule has 1 aromatic carbocycles. The van der Waals surface area contributed by atoms with Gasteiger partial charge in [-0.05, 0) is 42.0 Å². The largest absolute Gasteiger partial charge is 0.288 e. The Morgan fingerprint density at radius 2 is 2.00 bits per heavy atom. The number of benzene rings is 1.